The minimum atomic E-state index is 0.153. The van der Waals surface area contributed by atoms with E-state index in [-0.39, 0.29) is 5.41 Å². The zero-order chi connectivity index (χ0) is 17.7. The molecule has 26 heavy (non-hydrogen) atoms. The monoisotopic (exact) mass is 350 g/mol. The van der Waals surface area contributed by atoms with E-state index in [1.165, 1.54) is 38.5 Å². The van der Waals surface area contributed by atoms with E-state index in [0.29, 0.717) is 5.82 Å². The van der Waals surface area contributed by atoms with E-state index in [1.807, 2.05) is 30.3 Å². The SMILES string of the molecule is COc1ccc(Nc2cc(N)nc(C34CC5CC(CC(C5)C3)C4)n2)cc1. The molecule has 4 bridgehead atoms. The fraction of sp³-hybridized carbons (Fsp3) is 0.524. The zero-order valence-electron chi connectivity index (χ0n) is 15.2. The van der Waals surface area contributed by atoms with Gasteiger partial charge < -0.3 is 15.8 Å². The molecule has 0 spiro atoms. The number of anilines is 3. The summed E-state index contributed by atoms with van der Waals surface area (Å²) in [6, 6.07) is 9.68. The summed E-state index contributed by atoms with van der Waals surface area (Å²) >= 11 is 0. The molecule has 4 saturated carbocycles. The molecule has 136 valence electrons. The van der Waals surface area contributed by atoms with Crippen LogP contribution in [0.1, 0.15) is 44.3 Å². The van der Waals surface area contributed by atoms with Crippen LogP contribution in [-0.2, 0) is 5.41 Å². The van der Waals surface area contributed by atoms with Gasteiger partial charge in [-0.05, 0) is 80.5 Å². The Labute approximate surface area is 154 Å². The van der Waals surface area contributed by atoms with Crippen molar-refractivity contribution in [2.24, 2.45) is 17.8 Å². The van der Waals surface area contributed by atoms with E-state index >= 15 is 0 Å². The van der Waals surface area contributed by atoms with E-state index in [0.717, 1.165) is 40.8 Å². The Hall–Kier alpha value is -2.30. The molecule has 2 aromatic rings. The molecule has 5 nitrogen and oxygen atoms in total. The van der Waals surface area contributed by atoms with Crippen LogP contribution in [0.25, 0.3) is 0 Å². The number of nitrogens with zero attached hydrogens (tertiary/aromatic N) is 2. The molecule has 3 N–H and O–H groups in total. The highest BCUT2D eigenvalue weighted by Gasteiger charge is 2.53. The van der Waals surface area contributed by atoms with Gasteiger partial charge in [-0.3, -0.25) is 0 Å². The Morgan fingerprint density at radius 2 is 1.62 bits per heavy atom. The molecule has 5 heteroatoms. The fourth-order valence-electron chi connectivity index (χ4n) is 5.97. The molecule has 6 rings (SSSR count). The minimum absolute atomic E-state index is 0.153. The van der Waals surface area contributed by atoms with E-state index in [4.69, 9.17) is 20.4 Å². The van der Waals surface area contributed by atoms with Crippen LogP contribution in [0.5, 0.6) is 5.75 Å². The number of hydrogen-bond acceptors (Lipinski definition) is 5. The third-order valence-corrected chi connectivity index (χ3v) is 6.62. The van der Waals surface area contributed by atoms with Crippen molar-refractivity contribution < 1.29 is 4.74 Å². The minimum Gasteiger partial charge on any atom is -0.497 e. The van der Waals surface area contributed by atoms with Gasteiger partial charge in [0.05, 0.1) is 7.11 Å². The summed E-state index contributed by atoms with van der Waals surface area (Å²) < 4.78 is 5.22. The van der Waals surface area contributed by atoms with Crippen molar-refractivity contribution in [1.82, 2.24) is 9.97 Å². The topological polar surface area (TPSA) is 73.1 Å². The molecule has 1 aromatic carbocycles. The highest BCUT2D eigenvalue weighted by Crippen LogP contribution is 2.60. The van der Waals surface area contributed by atoms with Crippen molar-refractivity contribution in [3.8, 4) is 5.75 Å². The second kappa shape index (κ2) is 5.86. The molecule has 1 heterocycles. The maximum Gasteiger partial charge on any atom is 0.139 e. The molecule has 0 radical (unpaired) electrons. The van der Waals surface area contributed by atoms with Gasteiger partial charge in [-0.15, -0.1) is 0 Å². The van der Waals surface area contributed by atoms with Crippen LogP contribution in [0.2, 0.25) is 0 Å². The van der Waals surface area contributed by atoms with Crippen LogP contribution < -0.4 is 15.8 Å². The van der Waals surface area contributed by atoms with Crippen LogP contribution in [0.4, 0.5) is 17.3 Å². The molecule has 4 aliphatic rings. The number of methoxy groups -OCH3 is 1. The van der Waals surface area contributed by atoms with Gasteiger partial charge in [0.2, 0.25) is 0 Å². The molecule has 0 aliphatic heterocycles. The summed E-state index contributed by atoms with van der Waals surface area (Å²) in [6.07, 6.45) is 7.97. The summed E-state index contributed by atoms with van der Waals surface area (Å²) in [4.78, 5) is 9.63. The predicted molar refractivity (Wildman–Crippen MR) is 103 cm³/mol. The first-order valence-corrected chi connectivity index (χ1v) is 9.68. The van der Waals surface area contributed by atoms with Crippen molar-refractivity contribution in [3.63, 3.8) is 0 Å². The maximum atomic E-state index is 6.17. The van der Waals surface area contributed by atoms with Crippen LogP contribution in [0.15, 0.2) is 30.3 Å². The van der Waals surface area contributed by atoms with Crippen molar-refractivity contribution in [3.05, 3.63) is 36.2 Å². The Balaban J connectivity index is 1.45. The van der Waals surface area contributed by atoms with Gasteiger partial charge in [0, 0.05) is 17.2 Å². The average molecular weight is 350 g/mol. The van der Waals surface area contributed by atoms with E-state index in [1.54, 1.807) is 7.11 Å². The van der Waals surface area contributed by atoms with E-state index < -0.39 is 0 Å². The highest BCUT2D eigenvalue weighted by molar-refractivity contribution is 5.59. The number of ether oxygens (including phenoxy) is 1. The summed E-state index contributed by atoms with van der Waals surface area (Å²) in [7, 11) is 1.67. The molecular formula is C21H26N4O. The Morgan fingerprint density at radius 3 is 2.19 bits per heavy atom. The second-order valence-corrected chi connectivity index (χ2v) is 8.55. The summed E-state index contributed by atoms with van der Waals surface area (Å²) in [5, 5.41) is 3.38. The first-order chi connectivity index (χ1) is 12.6. The number of nitrogens with one attached hydrogen (secondary N) is 1. The Bertz CT molecular complexity index is 782. The molecule has 0 amide bonds. The average Bonchev–Trinajstić information content (AvgIpc) is 2.61. The lowest BCUT2D eigenvalue weighted by Crippen LogP contribution is -2.49. The quantitative estimate of drug-likeness (QED) is 0.861. The largest absolute Gasteiger partial charge is 0.497 e. The van der Waals surface area contributed by atoms with Gasteiger partial charge in [-0.1, -0.05) is 0 Å². The molecule has 4 fully saturated rings. The van der Waals surface area contributed by atoms with Crippen molar-refractivity contribution in [2.75, 3.05) is 18.2 Å². The number of aromatic nitrogens is 2. The Kier molecular flexibility index (Phi) is 3.59. The van der Waals surface area contributed by atoms with Gasteiger partial charge in [-0.2, -0.15) is 0 Å². The van der Waals surface area contributed by atoms with Crippen molar-refractivity contribution in [1.29, 1.82) is 0 Å². The number of nitrogen functional groups attached to an aromatic ring is 1. The molecule has 0 atom stereocenters. The number of rotatable bonds is 4. The highest BCUT2D eigenvalue weighted by atomic mass is 16.5. The molecular weight excluding hydrogens is 324 g/mol. The molecule has 0 unspecified atom stereocenters. The number of hydrogen-bond donors (Lipinski definition) is 2. The zero-order valence-corrected chi connectivity index (χ0v) is 15.2. The van der Waals surface area contributed by atoms with E-state index in [2.05, 4.69) is 5.32 Å². The first kappa shape index (κ1) is 15.9. The lowest BCUT2D eigenvalue weighted by Gasteiger charge is -2.56. The normalized spacial score (nSPS) is 31.8. The van der Waals surface area contributed by atoms with Gasteiger partial charge in [-0.25, -0.2) is 9.97 Å². The molecule has 1 aromatic heterocycles. The van der Waals surface area contributed by atoms with E-state index in [9.17, 15) is 0 Å². The lowest BCUT2D eigenvalue weighted by atomic mass is 9.49. The lowest BCUT2D eigenvalue weighted by molar-refractivity contribution is -0.00926. The number of nitrogens with two attached hydrogens (primary N) is 1. The van der Waals surface area contributed by atoms with Crippen LogP contribution in [0, 0.1) is 17.8 Å². The van der Waals surface area contributed by atoms with Crippen molar-refractivity contribution >= 4 is 17.3 Å². The van der Waals surface area contributed by atoms with Gasteiger partial charge in [0.15, 0.2) is 0 Å². The van der Waals surface area contributed by atoms with Crippen LogP contribution in [0.3, 0.4) is 0 Å². The standard InChI is InChI=1S/C21H26N4O/c1-26-17-4-2-16(3-5-17)23-19-9-18(22)24-20(25-19)21-10-13-6-14(11-21)8-15(7-13)12-21/h2-5,9,13-15H,6-8,10-12H2,1H3,(H3,22,23,24,25). The van der Waals surface area contributed by atoms with Gasteiger partial charge >= 0.3 is 0 Å². The summed E-state index contributed by atoms with van der Waals surface area (Å²) in [6.45, 7) is 0. The van der Waals surface area contributed by atoms with Crippen LogP contribution in [-0.4, -0.2) is 17.1 Å². The first-order valence-electron chi connectivity index (χ1n) is 9.68. The predicted octanol–water partition coefficient (Wildman–Crippen LogP) is 4.28. The maximum absolute atomic E-state index is 6.17. The molecule has 0 saturated heterocycles. The number of benzene rings is 1. The third kappa shape index (κ3) is 2.70. The Morgan fingerprint density at radius 1 is 1.00 bits per heavy atom. The second-order valence-electron chi connectivity index (χ2n) is 8.55. The summed E-state index contributed by atoms with van der Waals surface area (Å²) in [5.41, 5.74) is 7.29. The smallest absolute Gasteiger partial charge is 0.139 e. The van der Waals surface area contributed by atoms with Crippen LogP contribution >= 0.6 is 0 Å². The van der Waals surface area contributed by atoms with Crippen molar-refractivity contribution in [2.45, 2.75) is 43.9 Å². The fourth-order valence-corrected chi connectivity index (χ4v) is 5.97. The van der Waals surface area contributed by atoms with Gasteiger partial charge in [0.25, 0.3) is 0 Å². The van der Waals surface area contributed by atoms with Gasteiger partial charge in [0.1, 0.15) is 23.2 Å². The molecule has 4 aliphatic carbocycles. The third-order valence-electron chi connectivity index (χ3n) is 6.62. The summed E-state index contributed by atoms with van der Waals surface area (Å²) in [5.74, 6) is 5.74.